The van der Waals surface area contributed by atoms with Crippen molar-refractivity contribution in [2.24, 2.45) is 0 Å². The van der Waals surface area contributed by atoms with Crippen molar-refractivity contribution in [2.45, 2.75) is 12.2 Å². The number of benzene rings is 2. The molecule has 23 heavy (non-hydrogen) atoms. The van der Waals surface area contributed by atoms with Gasteiger partial charge in [0, 0.05) is 5.56 Å². The lowest BCUT2D eigenvalue weighted by molar-refractivity contribution is 0.389. The third-order valence-electron chi connectivity index (χ3n) is 3.39. The zero-order chi connectivity index (χ0) is 16.1. The average molecular weight is 328 g/mol. The fourth-order valence-corrected chi connectivity index (χ4v) is 3.38. The van der Waals surface area contributed by atoms with Crippen LogP contribution in [0.3, 0.4) is 0 Å². The Labute approximate surface area is 134 Å². The monoisotopic (exact) mass is 328 g/mol. The largest absolute Gasteiger partial charge is 0.338 e. The first-order valence-corrected chi connectivity index (χ1v) is 9.07. The van der Waals surface area contributed by atoms with Crippen LogP contribution in [-0.2, 0) is 22.0 Å². The van der Waals surface area contributed by atoms with E-state index in [0.29, 0.717) is 12.2 Å². The van der Waals surface area contributed by atoms with E-state index in [2.05, 4.69) is 10.1 Å². The van der Waals surface area contributed by atoms with E-state index in [1.54, 1.807) is 0 Å². The molecule has 0 unspecified atom stereocenters. The van der Waals surface area contributed by atoms with E-state index in [-0.39, 0.29) is 17.4 Å². The number of sulfone groups is 1. The standard InChI is InChI=1S/C17H16N2O3S/c20-23(21,12-11-14-7-3-1-4-8-14)13-16-18-17(19-22-16)15-9-5-2-6-10-15/h1-10H,11-13H2. The molecule has 0 aliphatic heterocycles. The Balaban J connectivity index is 1.65. The number of hydrogen-bond donors (Lipinski definition) is 0. The molecule has 0 fully saturated rings. The fourth-order valence-electron chi connectivity index (χ4n) is 2.20. The lowest BCUT2D eigenvalue weighted by Gasteiger charge is -2.01. The molecule has 2 aromatic carbocycles. The molecule has 0 saturated heterocycles. The number of aromatic nitrogens is 2. The van der Waals surface area contributed by atoms with Crippen LogP contribution >= 0.6 is 0 Å². The summed E-state index contributed by atoms with van der Waals surface area (Å²) in [5.41, 5.74) is 1.79. The minimum absolute atomic E-state index is 0.0556. The lowest BCUT2D eigenvalue weighted by atomic mass is 10.2. The van der Waals surface area contributed by atoms with Crippen LogP contribution in [0, 0.1) is 0 Å². The molecule has 0 saturated carbocycles. The molecule has 0 radical (unpaired) electrons. The van der Waals surface area contributed by atoms with Crippen LogP contribution in [0.1, 0.15) is 11.5 Å². The van der Waals surface area contributed by atoms with E-state index in [9.17, 15) is 8.42 Å². The van der Waals surface area contributed by atoms with Gasteiger partial charge in [-0.25, -0.2) is 8.42 Å². The highest BCUT2D eigenvalue weighted by Gasteiger charge is 2.18. The van der Waals surface area contributed by atoms with E-state index in [4.69, 9.17) is 4.52 Å². The van der Waals surface area contributed by atoms with Crippen molar-refractivity contribution in [3.8, 4) is 11.4 Å². The van der Waals surface area contributed by atoms with Gasteiger partial charge < -0.3 is 4.52 Å². The van der Waals surface area contributed by atoms with Gasteiger partial charge in [0.1, 0.15) is 5.75 Å². The average Bonchev–Trinajstić information content (AvgIpc) is 3.03. The normalized spacial score (nSPS) is 11.5. The van der Waals surface area contributed by atoms with E-state index >= 15 is 0 Å². The summed E-state index contributed by atoms with van der Waals surface area (Å²) in [6, 6.07) is 18.8. The summed E-state index contributed by atoms with van der Waals surface area (Å²) in [4.78, 5) is 4.16. The topological polar surface area (TPSA) is 73.1 Å². The van der Waals surface area contributed by atoms with Gasteiger partial charge in [-0.15, -0.1) is 0 Å². The third kappa shape index (κ3) is 4.26. The van der Waals surface area contributed by atoms with E-state index in [1.165, 1.54) is 0 Å². The van der Waals surface area contributed by atoms with Gasteiger partial charge in [0.15, 0.2) is 9.84 Å². The summed E-state index contributed by atoms with van der Waals surface area (Å²) < 4.78 is 29.4. The molecule has 1 heterocycles. The van der Waals surface area contributed by atoms with Crippen molar-refractivity contribution < 1.29 is 12.9 Å². The molecule has 3 aromatic rings. The van der Waals surface area contributed by atoms with Crippen LogP contribution in [0.5, 0.6) is 0 Å². The van der Waals surface area contributed by atoms with Crippen molar-refractivity contribution in [3.63, 3.8) is 0 Å². The first kappa shape index (κ1) is 15.4. The number of aryl methyl sites for hydroxylation is 1. The summed E-state index contributed by atoms with van der Waals surface area (Å²) in [5, 5.41) is 3.84. The molecule has 0 bridgehead atoms. The molecule has 0 amide bonds. The summed E-state index contributed by atoms with van der Waals surface area (Å²) in [6.45, 7) is 0. The summed E-state index contributed by atoms with van der Waals surface area (Å²) in [7, 11) is -3.30. The molecule has 3 rings (SSSR count). The molecule has 0 N–H and O–H groups in total. The highest BCUT2D eigenvalue weighted by molar-refractivity contribution is 7.90. The lowest BCUT2D eigenvalue weighted by Crippen LogP contribution is -2.11. The van der Waals surface area contributed by atoms with Gasteiger partial charge in [0.2, 0.25) is 11.7 Å². The van der Waals surface area contributed by atoms with E-state index < -0.39 is 9.84 Å². The molecular weight excluding hydrogens is 312 g/mol. The van der Waals surface area contributed by atoms with Crippen LogP contribution < -0.4 is 0 Å². The van der Waals surface area contributed by atoms with Crippen LogP contribution in [-0.4, -0.2) is 24.3 Å². The Hall–Kier alpha value is -2.47. The van der Waals surface area contributed by atoms with Crippen molar-refractivity contribution in [1.82, 2.24) is 10.1 Å². The molecule has 5 nitrogen and oxygen atoms in total. The summed E-state index contributed by atoms with van der Waals surface area (Å²) >= 11 is 0. The first-order chi connectivity index (χ1) is 11.1. The van der Waals surface area contributed by atoms with Crippen LogP contribution in [0.2, 0.25) is 0 Å². The summed E-state index contributed by atoms with van der Waals surface area (Å²) in [5.74, 6) is 0.343. The Morgan fingerprint density at radius 3 is 2.26 bits per heavy atom. The highest BCUT2D eigenvalue weighted by atomic mass is 32.2. The second kappa shape index (κ2) is 6.75. The zero-order valence-corrected chi connectivity index (χ0v) is 13.2. The maximum atomic E-state index is 12.2. The highest BCUT2D eigenvalue weighted by Crippen LogP contribution is 2.16. The molecular formula is C17H16N2O3S. The van der Waals surface area contributed by atoms with E-state index in [1.807, 2.05) is 60.7 Å². The Morgan fingerprint density at radius 1 is 0.913 bits per heavy atom. The van der Waals surface area contributed by atoms with Crippen molar-refractivity contribution in [1.29, 1.82) is 0 Å². The van der Waals surface area contributed by atoms with Gasteiger partial charge in [-0.05, 0) is 12.0 Å². The summed E-state index contributed by atoms with van der Waals surface area (Å²) in [6.07, 6.45) is 0.475. The maximum absolute atomic E-state index is 12.2. The first-order valence-electron chi connectivity index (χ1n) is 7.25. The van der Waals surface area contributed by atoms with Gasteiger partial charge in [-0.2, -0.15) is 4.98 Å². The molecule has 1 aromatic heterocycles. The predicted octanol–water partition coefficient (Wildman–Crippen LogP) is 2.89. The smallest absolute Gasteiger partial charge is 0.242 e. The molecule has 0 aliphatic carbocycles. The quantitative estimate of drug-likeness (QED) is 0.695. The SMILES string of the molecule is O=S(=O)(CCc1ccccc1)Cc1nc(-c2ccccc2)no1. The predicted molar refractivity (Wildman–Crippen MR) is 87.4 cm³/mol. The zero-order valence-electron chi connectivity index (χ0n) is 12.4. The molecule has 0 spiro atoms. The van der Waals surface area contributed by atoms with Crippen LogP contribution in [0.4, 0.5) is 0 Å². The van der Waals surface area contributed by atoms with E-state index in [0.717, 1.165) is 11.1 Å². The molecule has 6 heteroatoms. The Morgan fingerprint density at radius 2 is 1.57 bits per heavy atom. The van der Waals surface area contributed by atoms with Crippen molar-refractivity contribution in [3.05, 3.63) is 72.1 Å². The Bertz CT molecular complexity index is 859. The van der Waals surface area contributed by atoms with Gasteiger partial charge in [-0.3, -0.25) is 0 Å². The van der Waals surface area contributed by atoms with Crippen molar-refractivity contribution >= 4 is 9.84 Å². The van der Waals surface area contributed by atoms with Crippen molar-refractivity contribution in [2.75, 3.05) is 5.75 Å². The second-order valence-corrected chi connectivity index (χ2v) is 7.39. The number of nitrogens with zero attached hydrogens (tertiary/aromatic N) is 2. The number of hydrogen-bond acceptors (Lipinski definition) is 5. The van der Waals surface area contributed by atoms with Gasteiger partial charge in [0.25, 0.3) is 0 Å². The van der Waals surface area contributed by atoms with Gasteiger partial charge >= 0.3 is 0 Å². The van der Waals surface area contributed by atoms with Gasteiger partial charge in [-0.1, -0.05) is 65.8 Å². The number of rotatable bonds is 6. The molecule has 0 atom stereocenters. The molecule has 118 valence electrons. The minimum atomic E-state index is -3.30. The molecule has 0 aliphatic rings. The Kier molecular flexibility index (Phi) is 4.52. The second-order valence-electron chi connectivity index (χ2n) is 5.21. The third-order valence-corrected chi connectivity index (χ3v) is 4.90. The van der Waals surface area contributed by atoms with Crippen LogP contribution in [0.25, 0.3) is 11.4 Å². The maximum Gasteiger partial charge on any atom is 0.242 e. The van der Waals surface area contributed by atoms with Gasteiger partial charge in [0.05, 0.1) is 5.75 Å². The van der Waals surface area contributed by atoms with Crippen LogP contribution in [0.15, 0.2) is 65.2 Å². The fraction of sp³-hybridized carbons (Fsp3) is 0.176. The minimum Gasteiger partial charge on any atom is -0.338 e.